The second-order valence-electron chi connectivity index (χ2n) is 4.64. The summed E-state index contributed by atoms with van der Waals surface area (Å²) >= 11 is 0. The van der Waals surface area contributed by atoms with Crippen molar-refractivity contribution in [1.29, 1.82) is 5.26 Å². The molecule has 0 aliphatic rings. The van der Waals surface area contributed by atoms with Crippen molar-refractivity contribution in [2.45, 2.75) is 45.6 Å². The van der Waals surface area contributed by atoms with Crippen molar-refractivity contribution in [3.05, 3.63) is 0 Å². The van der Waals surface area contributed by atoms with Gasteiger partial charge in [-0.2, -0.15) is 5.26 Å². The highest BCUT2D eigenvalue weighted by atomic mass is 16.6. The number of hydrogen-bond donors (Lipinski definition) is 0. The molecule has 0 aliphatic heterocycles. The number of terminal acetylenes is 1. The molecule has 0 amide bonds. The van der Waals surface area contributed by atoms with E-state index in [1.807, 2.05) is 6.07 Å². The van der Waals surface area contributed by atoms with Gasteiger partial charge in [0.05, 0.1) is 18.4 Å². The first-order chi connectivity index (χ1) is 8.82. The lowest BCUT2D eigenvalue weighted by Gasteiger charge is -2.19. The third-order valence-corrected chi connectivity index (χ3v) is 2.36. The largest absolute Gasteiger partial charge is 0.464 e. The molecular weight excluding hydrogens is 246 g/mol. The molecule has 0 fully saturated rings. The Kier molecular flexibility index (Phi) is 7.29. The van der Waals surface area contributed by atoms with Gasteiger partial charge in [-0.3, -0.25) is 9.59 Å². The van der Waals surface area contributed by atoms with Crippen molar-refractivity contribution in [2.75, 3.05) is 6.61 Å². The standard InChI is InChI=1S/C14H19NO4/c1-5-14(3,4)19-12(16)8-7-11(2)13(17)18-10-6-9-15/h1,11H,6-8,10H2,2-4H3. The van der Waals surface area contributed by atoms with Crippen LogP contribution in [-0.4, -0.2) is 24.1 Å². The zero-order valence-electron chi connectivity index (χ0n) is 11.6. The van der Waals surface area contributed by atoms with Gasteiger partial charge in [-0.25, -0.2) is 0 Å². The Morgan fingerprint density at radius 3 is 2.58 bits per heavy atom. The Balaban J connectivity index is 4.00. The van der Waals surface area contributed by atoms with E-state index < -0.39 is 23.5 Å². The average Bonchev–Trinajstić information content (AvgIpc) is 2.35. The number of nitrogens with zero attached hydrogens (tertiary/aromatic N) is 1. The third kappa shape index (κ3) is 7.83. The molecule has 0 bridgehead atoms. The van der Waals surface area contributed by atoms with Gasteiger partial charge in [-0.05, 0) is 20.3 Å². The maximum absolute atomic E-state index is 11.5. The Bertz CT molecular complexity index is 401. The van der Waals surface area contributed by atoms with Crippen LogP contribution in [-0.2, 0) is 19.1 Å². The Labute approximate surface area is 113 Å². The molecule has 0 aromatic carbocycles. The van der Waals surface area contributed by atoms with E-state index in [0.717, 1.165) is 0 Å². The van der Waals surface area contributed by atoms with Crippen LogP contribution in [0.4, 0.5) is 0 Å². The molecule has 0 spiro atoms. The summed E-state index contributed by atoms with van der Waals surface area (Å²) in [4.78, 5) is 22.9. The van der Waals surface area contributed by atoms with Crippen LogP contribution in [0.1, 0.15) is 40.0 Å². The summed E-state index contributed by atoms with van der Waals surface area (Å²) in [5.41, 5.74) is -0.937. The molecule has 0 aromatic heterocycles. The molecule has 0 aliphatic carbocycles. The molecule has 104 valence electrons. The van der Waals surface area contributed by atoms with Gasteiger partial charge in [0.2, 0.25) is 0 Å². The molecule has 0 aromatic rings. The van der Waals surface area contributed by atoms with Crippen LogP contribution in [0.25, 0.3) is 0 Å². The quantitative estimate of drug-likeness (QED) is 0.398. The van der Waals surface area contributed by atoms with Gasteiger partial charge in [0.1, 0.15) is 6.61 Å². The molecule has 0 N–H and O–H groups in total. The zero-order valence-corrected chi connectivity index (χ0v) is 11.6. The van der Waals surface area contributed by atoms with Crippen molar-refractivity contribution in [3.63, 3.8) is 0 Å². The van der Waals surface area contributed by atoms with Crippen LogP contribution >= 0.6 is 0 Å². The number of hydrogen-bond acceptors (Lipinski definition) is 5. The van der Waals surface area contributed by atoms with Crippen LogP contribution in [0.3, 0.4) is 0 Å². The van der Waals surface area contributed by atoms with Gasteiger partial charge < -0.3 is 9.47 Å². The smallest absolute Gasteiger partial charge is 0.308 e. The van der Waals surface area contributed by atoms with Gasteiger partial charge in [0.15, 0.2) is 5.60 Å². The predicted molar refractivity (Wildman–Crippen MR) is 68.6 cm³/mol. The summed E-state index contributed by atoms with van der Waals surface area (Å²) in [5.74, 6) is 1.07. The Hall–Kier alpha value is -2.01. The normalized spacial score (nSPS) is 11.8. The fraction of sp³-hybridized carbons (Fsp3) is 0.643. The molecule has 5 heteroatoms. The van der Waals surface area contributed by atoms with Crippen molar-refractivity contribution >= 4 is 11.9 Å². The van der Waals surface area contributed by atoms with Crippen LogP contribution in [0, 0.1) is 29.6 Å². The number of nitriles is 1. The minimum atomic E-state index is -0.937. The lowest BCUT2D eigenvalue weighted by Crippen LogP contribution is -2.26. The van der Waals surface area contributed by atoms with E-state index in [2.05, 4.69) is 5.92 Å². The molecule has 1 atom stereocenters. The van der Waals surface area contributed by atoms with Crippen LogP contribution < -0.4 is 0 Å². The lowest BCUT2D eigenvalue weighted by molar-refractivity contribution is -0.153. The minimum absolute atomic E-state index is 0.0776. The molecule has 0 radical (unpaired) electrons. The van der Waals surface area contributed by atoms with Gasteiger partial charge in [0, 0.05) is 6.42 Å². The summed E-state index contributed by atoms with van der Waals surface area (Å²) in [6.07, 6.45) is 5.78. The number of carbonyl (C=O) groups excluding carboxylic acids is 2. The molecule has 0 rings (SSSR count). The molecular formula is C14H19NO4. The summed E-state index contributed by atoms with van der Waals surface area (Å²) in [6, 6.07) is 1.87. The Morgan fingerprint density at radius 1 is 1.42 bits per heavy atom. The van der Waals surface area contributed by atoms with Crippen LogP contribution in [0.2, 0.25) is 0 Å². The second kappa shape index (κ2) is 8.16. The summed E-state index contributed by atoms with van der Waals surface area (Å²) in [6.45, 7) is 4.97. The van der Waals surface area contributed by atoms with Gasteiger partial charge in [-0.1, -0.05) is 12.8 Å². The monoisotopic (exact) mass is 265 g/mol. The summed E-state index contributed by atoms with van der Waals surface area (Å²) in [7, 11) is 0. The first-order valence-corrected chi connectivity index (χ1v) is 6.05. The SMILES string of the molecule is C#CC(C)(C)OC(=O)CCC(C)C(=O)OCCC#N. The van der Waals surface area contributed by atoms with Gasteiger partial charge in [-0.15, -0.1) is 6.42 Å². The number of esters is 2. The first-order valence-electron chi connectivity index (χ1n) is 6.05. The maximum Gasteiger partial charge on any atom is 0.308 e. The fourth-order valence-electron chi connectivity index (χ4n) is 1.16. The highest BCUT2D eigenvalue weighted by molar-refractivity contribution is 5.74. The van der Waals surface area contributed by atoms with E-state index in [9.17, 15) is 9.59 Å². The number of carbonyl (C=O) groups is 2. The van der Waals surface area contributed by atoms with E-state index >= 15 is 0 Å². The Morgan fingerprint density at radius 2 is 2.05 bits per heavy atom. The van der Waals surface area contributed by atoms with Gasteiger partial charge >= 0.3 is 11.9 Å². The first kappa shape index (κ1) is 17.0. The maximum atomic E-state index is 11.5. The van der Waals surface area contributed by atoms with E-state index in [0.29, 0.717) is 6.42 Å². The van der Waals surface area contributed by atoms with Gasteiger partial charge in [0.25, 0.3) is 0 Å². The predicted octanol–water partition coefficient (Wildman–Crippen LogP) is 1.81. The molecule has 0 saturated heterocycles. The van der Waals surface area contributed by atoms with E-state index in [1.54, 1.807) is 20.8 Å². The van der Waals surface area contributed by atoms with Crippen LogP contribution in [0.5, 0.6) is 0 Å². The lowest BCUT2D eigenvalue weighted by atomic mass is 10.1. The van der Waals surface area contributed by atoms with Crippen molar-refractivity contribution in [2.24, 2.45) is 5.92 Å². The van der Waals surface area contributed by atoms with E-state index in [4.69, 9.17) is 21.2 Å². The number of rotatable bonds is 7. The van der Waals surface area contributed by atoms with Crippen molar-refractivity contribution in [1.82, 2.24) is 0 Å². The van der Waals surface area contributed by atoms with E-state index in [1.165, 1.54) is 0 Å². The van der Waals surface area contributed by atoms with Crippen molar-refractivity contribution < 1.29 is 19.1 Å². The average molecular weight is 265 g/mol. The number of ether oxygens (including phenoxy) is 2. The topological polar surface area (TPSA) is 76.4 Å². The van der Waals surface area contributed by atoms with Crippen molar-refractivity contribution in [3.8, 4) is 18.4 Å². The molecule has 19 heavy (non-hydrogen) atoms. The van der Waals surface area contributed by atoms with Crippen LogP contribution in [0.15, 0.2) is 0 Å². The third-order valence-electron chi connectivity index (χ3n) is 2.36. The summed E-state index contributed by atoms with van der Waals surface area (Å²) < 4.78 is 9.90. The molecule has 1 unspecified atom stereocenters. The minimum Gasteiger partial charge on any atom is -0.464 e. The highest BCUT2D eigenvalue weighted by Gasteiger charge is 2.21. The second-order valence-corrected chi connectivity index (χ2v) is 4.64. The molecule has 0 heterocycles. The zero-order chi connectivity index (χ0) is 14.9. The highest BCUT2D eigenvalue weighted by Crippen LogP contribution is 2.13. The molecule has 5 nitrogen and oxygen atoms in total. The summed E-state index contributed by atoms with van der Waals surface area (Å²) in [5, 5.41) is 8.31. The fourth-order valence-corrected chi connectivity index (χ4v) is 1.16. The van der Waals surface area contributed by atoms with E-state index in [-0.39, 0.29) is 19.4 Å². The molecule has 0 saturated carbocycles.